The maximum absolute atomic E-state index is 12.9. The molecule has 0 saturated carbocycles. The van der Waals surface area contributed by atoms with Crippen molar-refractivity contribution in [2.75, 3.05) is 14.2 Å². The van der Waals surface area contributed by atoms with E-state index in [9.17, 15) is 9.90 Å². The van der Waals surface area contributed by atoms with Crippen LogP contribution in [0.5, 0.6) is 11.5 Å². The van der Waals surface area contributed by atoms with Crippen molar-refractivity contribution < 1.29 is 14.6 Å². The second-order valence-electron chi connectivity index (χ2n) is 6.64. The highest BCUT2D eigenvalue weighted by Gasteiger charge is 2.13. The number of fused-ring (bicyclic) bond motifs is 1. The molecule has 4 aromatic rings. The third-order valence-corrected chi connectivity index (χ3v) is 4.84. The van der Waals surface area contributed by atoms with Gasteiger partial charge < -0.3 is 19.1 Å². The second-order valence-corrected chi connectivity index (χ2v) is 6.64. The molecule has 0 radical (unpaired) electrons. The Bertz CT molecular complexity index is 1190. The molecule has 2 aromatic carbocycles. The number of methoxy groups -OCH3 is 2. The van der Waals surface area contributed by atoms with Crippen LogP contribution >= 0.6 is 0 Å². The van der Waals surface area contributed by atoms with Gasteiger partial charge in [-0.05, 0) is 35.9 Å². The van der Waals surface area contributed by atoms with Crippen molar-refractivity contribution in [2.45, 2.75) is 12.6 Å². The molecule has 7 nitrogen and oxygen atoms in total. The molecule has 0 amide bonds. The van der Waals surface area contributed by atoms with E-state index in [1.807, 2.05) is 24.3 Å². The first-order valence-electron chi connectivity index (χ1n) is 9.14. The van der Waals surface area contributed by atoms with Crippen LogP contribution in [0.3, 0.4) is 0 Å². The number of benzene rings is 2. The summed E-state index contributed by atoms with van der Waals surface area (Å²) < 4.78 is 13.4. The highest BCUT2D eigenvalue weighted by molar-refractivity contribution is 5.66. The molecule has 7 heteroatoms. The van der Waals surface area contributed by atoms with E-state index in [0.29, 0.717) is 22.5 Å². The topological polar surface area (TPSA) is 78.0 Å². The molecule has 29 heavy (non-hydrogen) atoms. The molecule has 0 bridgehead atoms. The minimum Gasteiger partial charge on any atom is -0.497 e. The molecule has 2 heterocycles. The number of aliphatic hydroxyl groups excluding tert-OH is 1. The largest absolute Gasteiger partial charge is 0.497 e. The van der Waals surface area contributed by atoms with Gasteiger partial charge in [0.05, 0.1) is 32.6 Å². The predicted molar refractivity (Wildman–Crippen MR) is 109 cm³/mol. The monoisotopic (exact) mass is 391 g/mol. The van der Waals surface area contributed by atoms with E-state index in [-0.39, 0.29) is 12.1 Å². The number of aromatic nitrogens is 3. The minimum absolute atomic E-state index is 0.140. The second kappa shape index (κ2) is 7.81. The molecule has 0 fully saturated rings. The Morgan fingerprint density at radius 3 is 2.48 bits per heavy atom. The molecular weight excluding hydrogens is 370 g/mol. The number of aliphatic hydroxyl groups is 1. The van der Waals surface area contributed by atoms with Crippen molar-refractivity contribution in [3.63, 3.8) is 0 Å². The average molecular weight is 391 g/mol. The summed E-state index contributed by atoms with van der Waals surface area (Å²) in [5.74, 6) is 1.43. The summed E-state index contributed by atoms with van der Waals surface area (Å²) >= 11 is 0. The fraction of sp³-hybridized carbons (Fsp3) is 0.182. The van der Waals surface area contributed by atoms with Crippen LogP contribution in [-0.2, 0) is 6.54 Å². The summed E-state index contributed by atoms with van der Waals surface area (Å²) in [5.41, 5.74) is 2.46. The van der Waals surface area contributed by atoms with Crippen LogP contribution < -0.4 is 15.0 Å². The summed E-state index contributed by atoms with van der Waals surface area (Å²) in [4.78, 5) is 12.9. The first-order chi connectivity index (χ1) is 14.1. The van der Waals surface area contributed by atoms with Crippen molar-refractivity contribution in [1.82, 2.24) is 14.2 Å². The molecule has 4 rings (SSSR count). The maximum atomic E-state index is 12.9. The first kappa shape index (κ1) is 18.8. The molecule has 0 unspecified atom stereocenters. The molecule has 0 aliphatic heterocycles. The predicted octanol–water partition coefficient (Wildman–Crippen LogP) is 2.91. The number of hydrogen-bond acceptors (Lipinski definition) is 5. The number of rotatable bonds is 6. The Balaban J connectivity index is 1.64. The van der Waals surface area contributed by atoms with Crippen molar-refractivity contribution in [3.05, 3.63) is 82.9 Å². The fourth-order valence-electron chi connectivity index (χ4n) is 3.21. The van der Waals surface area contributed by atoms with Crippen molar-refractivity contribution in [2.24, 2.45) is 0 Å². The van der Waals surface area contributed by atoms with Gasteiger partial charge in [0.2, 0.25) is 0 Å². The summed E-state index contributed by atoms with van der Waals surface area (Å²) in [6, 6.07) is 16.4. The molecular formula is C22H21N3O4. The van der Waals surface area contributed by atoms with E-state index >= 15 is 0 Å². The van der Waals surface area contributed by atoms with E-state index in [0.717, 1.165) is 11.3 Å². The van der Waals surface area contributed by atoms with Crippen LogP contribution in [0.2, 0.25) is 0 Å². The van der Waals surface area contributed by atoms with Crippen LogP contribution in [-0.4, -0.2) is 33.5 Å². The first-order valence-corrected chi connectivity index (χ1v) is 9.14. The fourth-order valence-corrected chi connectivity index (χ4v) is 3.21. The van der Waals surface area contributed by atoms with Gasteiger partial charge in [-0.1, -0.05) is 24.3 Å². The lowest BCUT2D eigenvalue weighted by Crippen LogP contribution is -2.24. The van der Waals surface area contributed by atoms with E-state index in [4.69, 9.17) is 9.47 Å². The zero-order valence-electron chi connectivity index (χ0n) is 16.1. The van der Waals surface area contributed by atoms with Gasteiger partial charge in [0, 0.05) is 18.0 Å². The Hall–Kier alpha value is -3.58. The lowest BCUT2D eigenvalue weighted by Gasteiger charge is -2.13. The molecule has 148 valence electrons. The summed E-state index contributed by atoms with van der Waals surface area (Å²) in [6.07, 6.45) is 2.52. The molecule has 1 atom stereocenters. The van der Waals surface area contributed by atoms with Gasteiger partial charge in [-0.3, -0.25) is 4.79 Å². The minimum atomic E-state index is -0.818. The van der Waals surface area contributed by atoms with Gasteiger partial charge in [-0.25, -0.2) is 4.52 Å². The molecule has 0 aliphatic carbocycles. The number of nitrogens with zero attached hydrogens (tertiary/aromatic N) is 3. The van der Waals surface area contributed by atoms with Gasteiger partial charge >= 0.3 is 0 Å². The summed E-state index contributed by atoms with van der Waals surface area (Å²) in [7, 11) is 3.20. The maximum Gasteiger partial charge on any atom is 0.276 e. The van der Waals surface area contributed by atoms with Crippen LogP contribution in [0.1, 0.15) is 11.7 Å². The van der Waals surface area contributed by atoms with Crippen LogP contribution in [0.4, 0.5) is 0 Å². The number of hydrogen-bond donors (Lipinski definition) is 1. The van der Waals surface area contributed by atoms with E-state index in [2.05, 4.69) is 5.10 Å². The number of ether oxygens (including phenoxy) is 2. The van der Waals surface area contributed by atoms with E-state index < -0.39 is 6.10 Å². The standard InChI is InChI=1S/C22H21N3O4/c1-28-17-8-6-15(7-9-17)21(26)14-24-10-11-25-20(22(24)27)13-19(23-25)16-4-3-5-18(12-16)29-2/h3-13,21,26H,14H2,1-2H3/t21-/m0/s1. The Labute approximate surface area is 167 Å². The zero-order chi connectivity index (χ0) is 20.4. The van der Waals surface area contributed by atoms with Crippen LogP contribution in [0.25, 0.3) is 16.8 Å². The van der Waals surface area contributed by atoms with E-state index in [1.165, 1.54) is 4.57 Å². The Morgan fingerprint density at radius 2 is 1.76 bits per heavy atom. The summed E-state index contributed by atoms with van der Waals surface area (Å²) in [5, 5.41) is 15.0. The van der Waals surface area contributed by atoms with Gasteiger partial charge in [0.1, 0.15) is 17.0 Å². The smallest absolute Gasteiger partial charge is 0.276 e. The zero-order valence-corrected chi connectivity index (χ0v) is 16.1. The lowest BCUT2D eigenvalue weighted by molar-refractivity contribution is 0.155. The highest BCUT2D eigenvalue weighted by atomic mass is 16.5. The van der Waals surface area contributed by atoms with Crippen molar-refractivity contribution >= 4 is 5.52 Å². The van der Waals surface area contributed by atoms with Crippen molar-refractivity contribution in [1.29, 1.82) is 0 Å². The van der Waals surface area contributed by atoms with Crippen LogP contribution in [0.15, 0.2) is 71.8 Å². The molecule has 2 aromatic heterocycles. The third-order valence-electron chi connectivity index (χ3n) is 4.84. The third kappa shape index (κ3) is 3.72. The highest BCUT2D eigenvalue weighted by Crippen LogP contribution is 2.23. The van der Waals surface area contributed by atoms with Gasteiger partial charge in [0.15, 0.2) is 0 Å². The molecule has 0 saturated heterocycles. The molecule has 0 aliphatic rings. The quantitative estimate of drug-likeness (QED) is 0.547. The Kier molecular flexibility index (Phi) is 5.05. The lowest BCUT2D eigenvalue weighted by atomic mass is 10.1. The molecule has 0 spiro atoms. The summed E-state index contributed by atoms with van der Waals surface area (Å²) in [6.45, 7) is 0.140. The van der Waals surface area contributed by atoms with Gasteiger partial charge in [-0.15, -0.1) is 0 Å². The van der Waals surface area contributed by atoms with Gasteiger partial charge in [0.25, 0.3) is 5.56 Å². The molecule has 1 N–H and O–H groups in total. The SMILES string of the molecule is COc1ccc([C@@H](O)Cn2ccn3nc(-c4cccc(OC)c4)cc3c2=O)cc1. The average Bonchev–Trinajstić information content (AvgIpc) is 3.21. The van der Waals surface area contributed by atoms with E-state index in [1.54, 1.807) is 61.5 Å². The Morgan fingerprint density at radius 1 is 1.00 bits per heavy atom. The van der Waals surface area contributed by atoms with Crippen molar-refractivity contribution in [3.8, 4) is 22.8 Å². The van der Waals surface area contributed by atoms with Gasteiger partial charge in [-0.2, -0.15) is 5.10 Å². The normalized spacial score (nSPS) is 12.1. The van der Waals surface area contributed by atoms with Crippen LogP contribution in [0, 0.1) is 0 Å².